The van der Waals surface area contributed by atoms with Crippen LogP contribution in [0.3, 0.4) is 0 Å². The summed E-state index contributed by atoms with van der Waals surface area (Å²) < 4.78 is 14.8. The van der Waals surface area contributed by atoms with Gasteiger partial charge in [0.25, 0.3) is 6.71 Å². The second kappa shape index (κ2) is 14.0. The molecule has 0 saturated heterocycles. The average Bonchev–Trinajstić information content (AvgIpc) is 4.03. The molecule has 0 atom stereocenters. The van der Waals surface area contributed by atoms with Gasteiger partial charge in [0.2, 0.25) is 0 Å². The van der Waals surface area contributed by atoms with Crippen molar-refractivity contribution in [1.82, 2.24) is 13.7 Å². The second-order valence-electron chi connectivity index (χ2n) is 20.1. The van der Waals surface area contributed by atoms with Crippen LogP contribution in [0.1, 0.15) is 26.3 Å². The van der Waals surface area contributed by atoms with Gasteiger partial charge in [0.15, 0.2) is 0 Å². The molecule has 0 amide bonds. The minimum Gasteiger partial charge on any atom is -0.458 e. The van der Waals surface area contributed by atoms with E-state index in [4.69, 9.17) is 4.74 Å². The minimum absolute atomic E-state index is 0.0584. The van der Waals surface area contributed by atoms with E-state index in [0.717, 1.165) is 39.6 Å². The fourth-order valence-corrected chi connectivity index (χ4v) is 12.1. The molecule has 15 rings (SSSR count). The average molecular weight is 882 g/mol. The summed E-state index contributed by atoms with van der Waals surface area (Å²) in [5.41, 5.74) is 20.2. The number of aromatic nitrogens is 3. The number of ether oxygens (including phenoxy) is 1. The van der Waals surface area contributed by atoms with Crippen LogP contribution in [0.2, 0.25) is 0 Å². The maximum absolute atomic E-state index is 7.31. The molecule has 3 aromatic heterocycles. The van der Waals surface area contributed by atoms with Gasteiger partial charge in [0.1, 0.15) is 11.5 Å². The zero-order chi connectivity index (χ0) is 45.7. The van der Waals surface area contributed by atoms with Gasteiger partial charge in [-0.25, -0.2) is 0 Å². The lowest BCUT2D eigenvalue weighted by Gasteiger charge is -2.35. The molecule has 2 aliphatic heterocycles. The van der Waals surface area contributed by atoms with Crippen LogP contribution >= 0.6 is 0 Å². The molecule has 0 bridgehead atoms. The maximum Gasteiger partial charge on any atom is 0.256 e. The number of para-hydroxylation sites is 4. The Hall–Kier alpha value is -8.54. The summed E-state index contributed by atoms with van der Waals surface area (Å²) >= 11 is 0. The molecule has 2 aliphatic rings. The molecule has 324 valence electrons. The number of fused-ring (bicyclic) bond motifs is 13. The molecule has 0 radical (unpaired) electrons. The van der Waals surface area contributed by atoms with Crippen molar-refractivity contribution in [2.45, 2.75) is 26.2 Å². The highest BCUT2D eigenvalue weighted by Gasteiger charge is 2.42. The quantitative estimate of drug-likeness (QED) is 0.162. The first-order valence-electron chi connectivity index (χ1n) is 24.1. The van der Waals surface area contributed by atoms with Crippen molar-refractivity contribution in [2.75, 3.05) is 0 Å². The zero-order valence-corrected chi connectivity index (χ0v) is 38.5. The molecule has 5 heterocycles. The SMILES string of the molecule is CC(C)(C)c1ccc2c(c1)Oc1cc(-c3ccccc3-c3ccccc3)cc3c1B2c1cc(-n2c4ccccc4c4ccccc42)cc2c4cc(-n5c6ccccc6c6ccccc65)ccc4n-3c12. The highest BCUT2D eigenvalue weighted by Crippen LogP contribution is 2.44. The number of benzene rings is 10. The summed E-state index contributed by atoms with van der Waals surface area (Å²) in [7, 11) is 0. The third-order valence-corrected chi connectivity index (χ3v) is 15.2. The van der Waals surface area contributed by atoms with Crippen LogP contribution in [-0.2, 0) is 5.41 Å². The standard InChI is InChI=1S/C64H44BN3O/c1-64(2,3)41-29-31-52-60(35-41)69-61-34-40(45-20-8-7-19-44(45)39-17-5-4-6-18-39)33-59-62(61)65(52)53-38-43(67-56-27-15-11-23-48(56)49-24-12-16-28-57(49)67)37-51-50-36-42(30-32-58(50)68(59)63(51)53)66-54-25-13-9-21-46(54)47-22-10-14-26-55(47)66/h4-38H,1-3H3. The number of hydrogen-bond donors (Lipinski definition) is 0. The molecular formula is C64H44BN3O. The summed E-state index contributed by atoms with van der Waals surface area (Å²) in [5.74, 6) is 1.83. The van der Waals surface area contributed by atoms with E-state index in [2.05, 4.69) is 247 Å². The molecule has 0 spiro atoms. The van der Waals surface area contributed by atoms with Gasteiger partial charge >= 0.3 is 0 Å². The first-order valence-corrected chi connectivity index (χ1v) is 24.1. The fourth-order valence-electron chi connectivity index (χ4n) is 12.1. The molecule has 0 fully saturated rings. The van der Waals surface area contributed by atoms with Crippen molar-refractivity contribution in [3.63, 3.8) is 0 Å². The second-order valence-corrected chi connectivity index (χ2v) is 20.1. The van der Waals surface area contributed by atoms with Crippen molar-refractivity contribution in [3.8, 4) is 50.8 Å². The van der Waals surface area contributed by atoms with Gasteiger partial charge in [-0.1, -0.05) is 160 Å². The van der Waals surface area contributed by atoms with Crippen LogP contribution < -0.4 is 21.1 Å². The van der Waals surface area contributed by atoms with E-state index in [0.29, 0.717) is 0 Å². The molecule has 0 unspecified atom stereocenters. The Morgan fingerprint density at radius 2 is 0.913 bits per heavy atom. The predicted octanol–water partition coefficient (Wildman–Crippen LogP) is 14.5. The Kier molecular flexibility index (Phi) is 7.83. The van der Waals surface area contributed by atoms with Crippen LogP contribution in [0.4, 0.5) is 0 Å². The number of nitrogens with zero attached hydrogens (tertiary/aromatic N) is 3. The van der Waals surface area contributed by atoms with Gasteiger partial charge in [-0.3, -0.25) is 0 Å². The van der Waals surface area contributed by atoms with Crippen LogP contribution in [-0.4, -0.2) is 20.4 Å². The normalized spacial score (nSPS) is 12.9. The molecule has 10 aromatic carbocycles. The van der Waals surface area contributed by atoms with Crippen molar-refractivity contribution in [3.05, 3.63) is 218 Å². The van der Waals surface area contributed by atoms with E-state index < -0.39 is 0 Å². The molecule has 0 N–H and O–H groups in total. The summed E-state index contributed by atoms with van der Waals surface area (Å²) in [4.78, 5) is 0. The Morgan fingerprint density at radius 1 is 0.377 bits per heavy atom. The van der Waals surface area contributed by atoms with Crippen LogP contribution in [0.5, 0.6) is 11.5 Å². The lowest BCUT2D eigenvalue weighted by atomic mass is 9.34. The molecule has 69 heavy (non-hydrogen) atoms. The fraction of sp³-hybridized carbons (Fsp3) is 0.0625. The topological polar surface area (TPSA) is 24.0 Å². The molecule has 0 aliphatic carbocycles. The highest BCUT2D eigenvalue weighted by atomic mass is 16.5. The molecule has 0 saturated carbocycles. The first kappa shape index (κ1) is 38.6. The van der Waals surface area contributed by atoms with Gasteiger partial charge in [-0.15, -0.1) is 0 Å². The number of hydrogen-bond acceptors (Lipinski definition) is 1. The van der Waals surface area contributed by atoms with E-state index in [1.165, 1.54) is 98.5 Å². The lowest BCUT2D eigenvalue weighted by Crippen LogP contribution is -2.58. The van der Waals surface area contributed by atoms with Gasteiger partial charge in [0, 0.05) is 54.9 Å². The van der Waals surface area contributed by atoms with E-state index in [1.807, 2.05) is 0 Å². The lowest BCUT2D eigenvalue weighted by molar-refractivity contribution is 0.483. The predicted molar refractivity (Wildman–Crippen MR) is 290 cm³/mol. The van der Waals surface area contributed by atoms with E-state index in [9.17, 15) is 0 Å². The smallest absolute Gasteiger partial charge is 0.256 e. The zero-order valence-electron chi connectivity index (χ0n) is 38.5. The van der Waals surface area contributed by atoms with E-state index >= 15 is 0 Å². The Balaban J connectivity index is 1.09. The third-order valence-electron chi connectivity index (χ3n) is 15.2. The Morgan fingerprint density at radius 3 is 1.54 bits per heavy atom. The van der Waals surface area contributed by atoms with Crippen LogP contribution in [0, 0.1) is 0 Å². The largest absolute Gasteiger partial charge is 0.458 e. The minimum atomic E-state index is -0.0876. The summed E-state index contributed by atoms with van der Waals surface area (Å²) in [6.07, 6.45) is 0. The van der Waals surface area contributed by atoms with Crippen molar-refractivity contribution in [1.29, 1.82) is 0 Å². The monoisotopic (exact) mass is 881 g/mol. The summed E-state index contributed by atoms with van der Waals surface area (Å²) in [6, 6.07) is 78.7. The van der Waals surface area contributed by atoms with Crippen molar-refractivity contribution in [2.24, 2.45) is 0 Å². The third kappa shape index (κ3) is 5.41. The highest BCUT2D eigenvalue weighted by molar-refractivity contribution is 6.99. The summed E-state index contributed by atoms with van der Waals surface area (Å²) in [5, 5.41) is 7.44. The first-order chi connectivity index (χ1) is 33.9. The van der Waals surface area contributed by atoms with Crippen molar-refractivity contribution >= 4 is 88.5 Å². The molecule has 4 nitrogen and oxygen atoms in total. The molecule has 13 aromatic rings. The number of rotatable bonds is 4. The van der Waals surface area contributed by atoms with Crippen molar-refractivity contribution < 1.29 is 4.74 Å². The molecule has 5 heteroatoms. The molecular weight excluding hydrogens is 838 g/mol. The Bertz CT molecular complexity index is 4230. The van der Waals surface area contributed by atoms with Gasteiger partial charge < -0.3 is 18.4 Å². The van der Waals surface area contributed by atoms with Gasteiger partial charge in [-0.2, -0.15) is 0 Å². The van der Waals surface area contributed by atoms with Crippen LogP contribution in [0.15, 0.2) is 212 Å². The maximum atomic E-state index is 7.31. The van der Waals surface area contributed by atoms with Gasteiger partial charge in [-0.05, 0) is 122 Å². The van der Waals surface area contributed by atoms with Crippen LogP contribution in [0.25, 0.3) is 105 Å². The van der Waals surface area contributed by atoms with E-state index in [1.54, 1.807) is 0 Å². The van der Waals surface area contributed by atoms with E-state index in [-0.39, 0.29) is 12.1 Å². The summed E-state index contributed by atoms with van der Waals surface area (Å²) in [6.45, 7) is 6.77. The Labute approximate surface area is 400 Å². The van der Waals surface area contributed by atoms with Gasteiger partial charge in [0.05, 0.1) is 27.6 Å².